The Morgan fingerprint density at radius 2 is 1.64 bits per heavy atom. The van der Waals surface area contributed by atoms with Crippen molar-refractivity contribution in [3.8, 4) is 11.5 Å². The number of carbonyl (C=O) groups is 2. The quantitative estimate of drug-likeness (QED) is 0.425. The Morgan fingerprint density at radius 3 is 2.36 bits per heavy atom. The van der Waals surface area contributed by atoms with Gasteiger partial charge in [0.1, 0.15) is 0 Å². The molecule has 2 N–H and O–H groups in total. The lowest BCUT2D eigenvalue weighted by molar-refractivity contribution is -0.118. The van der Waals surface area contributed by atoms with Gasteiger partial charge in [0.05, 0.1) is 17.2 Å². The molecule has 6 nitrogen and oxygen atoms in total. The number of benzene rings is 3. The molecule has 3 aromatic rings. The van der Waals surface area contributed by atoms with Crippen molar-refractivity contribution in [2.45, 2.75) is 12.3 Å². The van der Waals surface area contributed by atoms with Crippen molar-refractivity contribution in [3.63, 3.8) is 0 Å². The predicted octanol–water partition coefficient (Wildman–Crippen LogP) is 5.76. The van der Waals surface area contributed by atoms with Gasteiger partial charge < -0.3 is 20.1 Å². The van der Waals surface area contributed by atoms with Crippen LogP contribution in [0.3, 0.4) is 0 Å². The molecule has 1 aliphatic rings. The third-order valence-electron chi connectivity index (χ3n) is 5.34. The predicted molar refractivity (Wildman–Crippen MR) is 130 cm³/mol. The van der Waals surface area contributed by atoms with E-state index in [1.807, 2.05) is 18.2 Å². The van der Waals surface area contributed by atoms with Gasteiger partial charge in [-0.2, -0.15) is 0 Å². The summed E-state index contributed by atoms with van der Waals surface area (Å²) in [6.07, 6.45) is 0.751. The summed E-state index contributed by atoms with van der Waals surface area (Å²) < 4.78 is 10.8. The second-order valence-electron chi connectivity index (χ2n) is 7.68. The summed E-state index contributed by atoms with van der Waals surface area (Å²) in [4.78, 5) is 25.0. The fourth-order valence-electron chi connectivity index (χ4n) is 3.58. The van der Waals surface area contributed by atoms with Crippen LogP contribution in [0.4, 0.5) is 11.4 Å². The van der Waals surface area contributed by atoms with E-state index in [1.54, 1.807) is 48.5 Å². The maximum atomic E-state index is 12.7. The molecule has 0 spiro atoms. The molecule has 1 aliphatic carbocycles. The monoisotopic (exact) mass is 484 g/mol. The summed E-state index contributed by atoms with van der Waals surface area (Å²) in [6.45, 7) is -0.176. The van der Waals surface area contributed by atoms with Crippen molar-refractivity contribution in [1.29, 1.82) is 0 Å². The van der Waals surface area contributed by atoms with E-state index < -0.39 is 0 Å². The van der Waals surface area contributed by atoms with E-state index in [-0.39, 0.29) is 30.3 Å². The van der Waals surface area contributed by atoms with Gasteiger partial charge in [-0.3, -0.25) is 9.59 Å². The molecule has 3 aromatic carbocycles. The Labute approximate surface area is 201 Å². The zero-order valence-electron chi connectivity index (χ0n) is 17.8. The fraction of sp³-hybridized carbons (Fsp3) is 0.200. The number of anilines is 2. The van der Waals surface area contributed by atoms with Gasteiger partial charge in [0.15, 0.2) is 18.1 Å². The largest absolute Gasteiger partial charge is 0.493 e. The highest BCUT2D eigenvalue weighted by atomic mass is 35.5. The molecule has 0 aromatic heterocycles. The van der Waals surface area contributed by atoms with Crippen molar-refractivity contribution < 1.29 is 19.1 Å². The summed E-state index contributed by atoms with van der Waals surface area (Å²) in [6, 6.07) is 19.5. The van der Waals surface area contributed by atoms with Crippen LogP contribution in [0.25, 0.3) is 0 Å². The highest BCUT2D eigenvalue weighted by Crippen LogP contribution is 2.49. The molecule has 0 bridgehead atoms. The topological polar surface area (TPSA) is 76.7 Å². The summed E-state index contributed by atoms with van der Waals surface area (Å²) in [5, 5.41) is 6.67. The number of amides is 2. The number of halogens is 2. The van der Waals surface area contributed by atoms with E-state index in [1.165, 1.54) is 7.11 Å². The Morgan fingerprint density at radius 1 is 0.909 bits per heavy atom. The van der Waals surface area contributed by atoms with Gasteiger partial charge in [0, 0.05) is 17.3 Å². The summed E-state index contributed by atoms with van der Waals surface area (Å²) in [5.74, 6) is 0.622. The zero-order chi connectivity index (χ0) is 23.4. The van der Waals surface area contributed by atoms with Crippen LogP contribution in [0.2, 0.25) is 10.0 Å². The minimum Gasteiger partial charge on any atom is -0.493 e. The molecule has 2 atom stereocenters. The zero-order valence-corrected chi connectivity index (χ0v) is 19.3. The van der Waals surface area contributed by atoms with E-state index in [9.17, 15) is 9.59 Å². The van der Waals surface area contributed by atoms with Gasteiger partial charge in [0.2, 0.25) is 5.91 Å². The van der Waals surface area contributed by atoms with E-state index in [2.05, 4.69) is 10.6 Å². The number of nitrogens with one attached hydrogen (secondary N) is 2. The molecule has 2 amide bonds. The van der Waals surface area contributed by atoms with E-state index in [4.69, 9.17) is 32.7 Å². The maximum absolute atomic E-state index is 12.7. The van der Waals surface area contributed by atoms with Crippen LogP contribution < -0.4 is 20.1 Å². The third kappa shape index (κ3) is 5.78. The second-order valence-corrected chi connectivity index (χ2v) is 8.49. The first kappa shape index (κ1) is 23.0. The summed E-state index contributed by atoms with van der Waals surface area (Å²) >= 11 is 12.1. The van der Waals surface area contributed by atoms with Gasteiger partial charge in [-0.25, -0.2) is 0 Å². The van der Waals surface area contributed by atoms with Gasteiger partial charge in [0.25, 0.3) is 5.91 Å². The number of carbonyl (C=O) groups excluding carboxylic acids is 2. The molecule has 0 saturated heterocycles. The Kier molecular flexibility index (Phi) is 7.06. The molecule has 1 saturated carbocycles. The fourth-order valence-corrected chi connectivity index (χ4v) is 3.89. The van der Waals surface area contributed by atoms with Gasteiger partial charge in [-0.15, -0.1) is 0 Å². The first-order chi connectivity index (χ1) is 15.9. The van der Waals surface area contributed by atoms with E-state index >= 15 is 0 Å². The van der Waals surface area contributed by atoms with Crippen molar-refractivity contribution in [3.05, 3.63) is 82.3 Å². The third-order valence-corrected chi connectivity index (χ3v) is 6.08. The SMILES string of the molecule is COc1ccccc1OCC(=O)Nc1cccc(NC(=O)C2CC2c2ccc(Cl)c(Cl)c2)c1. The number of ether oxygens (including phenoxy) is 2. The molecular weight excluding hydrogens is 463 g/mol. The molecular formula is C25H22Cl2N2O4. The molecule has 1 fully saturated rings. The van der Waals surface area contributed by atoms with Gasteiger partial charge in [-0.1, -0.05) is 47.5 Å². The van der Waals surface area contributed by atoms with Crippen molar-refractivity contribution >= 4 is 46.4 Å². The van der Waals surface area contributed by atoms with Gasteiger partial charge >= 0.3 is 0 Å². The minimum absolute atomic E-state index is 0.0749. The first-order valence-electron chi connectivity index (χ1n) is 10.4. The lowest BCUT2D eigenvalue weighted by atomic mass is 10.1. The molecule has 8 heteroatoms. The second kappa shape index (κ2) is 10.1. The molecule has 4 rings (SSSR count). The number of methoxy groups -OCH3 is 1. The summed E-state index contributed by atoms with van der Waals surface area (Å²) in [5.41, 5.74) is 2.15. The maximum Gasteiger partial charge on any atom is 0.262 e. The average Bonchev–Trinajstić information content (AvgIpc) is 3.61. The highest BCUT2D eigenvalue weighted by molar-refractivity contribution is 6.42. The van der Waals surface area contributed by atoms with Crippen LogP contribution >= 0.6 is 23.2 Å². The average molecular weight is 485 g/mol. The summed E-state index contributed by atoms with van der Waals surface area (Å²) in [7, 11) is 1.54. The van der Waals surface area contributed by atoms with Crippen molar-refractivity contribution in [2.75, 3.05) is 24.4 Å². The van der Waals surface area contributed by atoms with Gasteiger partial charge in [-0.05, 0) is 60.4 Å². The van der Waals surface area contributed by atoms with Crippen LogP contribution in [0.1, 0.15) is 17.9 Å². The van der Waals surface area contributed by atoms with E-state index in [0.29, 0.717) is 32.9 Å². The molecule has 170 valence electrons. The van der Waals surface area contributed by atoms with Crippen LogP contribution in [-0.2, 0) is 9.59 Å². The number of hydrogen-bond donors (Lipinski definition) is 2. The standard InChI is InChI=1S/C25H22Cl2N2O4/c1-32-22-7-2-3-8-23(22)33-14-24(30)28-16-5-4-6-17(12-16)29-25(31)19-13-18(19)15-9-10-20(26)21(27)11-15/h2-12,18-19H,13-14H2,1H3,(H,28,30)(H,29,31). The van der Waals surface area contributed by atoms with E-state index in [0.717, 1.165) is 12.0 Å². The molecule has 2 unspecified atom stereocenters. The number of para-hydroxylation sites is 2. The Bertz CT molecular complexity index is 1180. The van der Waals surface area contributed by atoms with Crippen molar-refractivity contribution in [1.82, 2.24) is 0 Å². The smallest absolute Gasteiger partial charge is 0.262 e. The molecule has 0 heterocycles. The lowest BCUT2D eigenvalue weighted by Gasteiger charge is -2.11. The molecule has 0 radical (unpaired) electrons. The minimum atomic E-state index is -0.328. The lowest BCUT2D eigenvalue weighted by Crippen LogP contribution is -2.20. The van der Waals surface area contributed by atoms with Crippen LogP contribution in [0.5, 0.6) is 11.5 Å². The normalized spacial score (nSPS) is 16.6. The highest BCUT2D eigenvalue weighted by Gasteiger charge is 2.44. The van der Waals surface area contributed by atoms with Crippen LogP contribution in [0, 0.1) is 5.92 Å². The number of rotatable bonds is 8. The van der Waals surface area contributed by atoms with Crippen LogP contribution in [-0.4, -0.2) is 25.5 Å². The number of hydrogen-bond acceptors (Lipinski definition) is 4. The molecule has 33 heavy (non-hydrogen) atoms. The molecule has 0 aliphatic heterocycles. The van der Waals surface area contributed by atoms with Crippen molar-refractivity contribution in [2.24, 2.45) is 5.92 Å². The Balaban J connectivity index is 1.31. The first-order valence-corrected chi connectivity index (χ1v) is 11.1. The Hall–Kier alpha value is -3.22. The van der Waals surface area contributed by atoms with Crippen LogP contribution in [0.15, 0.2) is 66.7 Å².